The zero-order chi connectivity index (χ0) is 21.4. The van der Waals surface area contributed by atoms with Crippen molar-refractivity contribution in [2.45, 2.75) is 25.8 Å². The van der Waals surface area contributed by atoms with Gasteiger partial charge in [0.25, 0.3) is 0 Å². The van der Waals surface area contributed by atoms with Crippen molar-refractivity contribution in [2.75, 3.05) is 0 Å². The maximum atomic E-state index is 14.1. The van der Waals surface area contributed by atoms with Gasteiger partial charge < -0.3 is 0 Å². The van der Waals surface area contributed by atoms with Crippen molar-refractivity contribution in [1.29, 1.82) is 0 Å². The fourth-order valence-electron chi connectivity index (χ4n) is 4.11. The molecule has 0 spiro atoms. The molecule has 4 heteroatoms. The number of halogens is 2. The fraction of sp³-hybridized carbons (Fsp3) is 0.148. The Morgan fingerprint density at radius 1 is 0.774 bits per heavy atom. The number of thiophene rings is 1. The molecule has 4 aromatic rings. The van der Waals surface area contributed by atoms with Crippen LogP contribution in [0, 0.1) is 18.6 Å². The third kappa shape index (κ3) is 3.96. The van der Waals surface area contributed by atoms with Gasteiger partial charge in [-0.2, -0.15) is 0 Å². The van der Waals surface area contributed by atoms with Crippen LogP contribution < -0.4 is 0 Å². The van der Waals surface area contributed by atoms with Crippen LogP contribution in [0.15, 0.2) is 83.9 Å². The van der Waals surface area contributed by atoms with Crippen molar-refractivity contribution in [1.82, 2.24) is 0 Å². The zero-order valence-electron chi connectivity index (χ0n) is 17.1. The summed E-state index contributed by atoms with van der Waals surface area (Å²) in [6, 6.07) is 25.1. The molecule has 0 N–H and O–H groups in total. The summed E-state index contributed by atoms with van der Waals surface area (Å²) >= 11 is 1.80. The van der Waals surface area contributed by atoms with E-state index < -0.39 is 11.6 Å². The number of nitrogens with zero attached hydrogens (tertiary/aromatic N) is 1. The fourth-order valence-corrected chi connectivity index (χ4v) is 4.98. The van der Waals surface area contributed by atoms with Gasteiger partial charge in [0, 0.05) is 15.5 Å². The third-order valence-corrected chi connectivity index (χ3v) is 6.81. The van der Waals surface area contributed by atoms with E-state index in [0.717, 1.165) is 23.1 Å². The molecule has 1 aliphatic rings. The predicted molar refractivity (Wildman–Crippen MR) is 125 cm³/mol. The third-order valence-electron chi connectivity index (χ3n) is 5.76. The van der Waals surface area contributed by atoms with Gasteiger partial charge in [-0.1, -0.05) is 54.6 Å². The Morgan fingerprint density at radius 3 is 2.00 bits per heavy atom. The highest BCUT2D eigenvalue weighted by molar-refractivity contribution is 7.15. The summed E-state index contributed by atoms with van der Waals surface area (Å²) in [7, 11) is 0. The highest BCUT2D eigenvalue weighted by Gasteiger charge is 2.24. The van der Waals surface area contributed by atoms with Crippen LogP contribution >= 0.6 is 11.3 Å². The number of benzene rings is 3. The minimum absolute atomic E-state index is 0.0163. The lowest BCUT2D eigenvalue weighted by molar-refractivity contribution is 0.578. The van der Waals surface area contributed by atoms with E-state index in [9.17, 15) is 8.78 Å². The van der Waals surface area contributed by atoms with Gasteiger partial charge >= 0.3 is 0 Å². The molecule has 0 saturated heterocycles. The first-order valence-electron chi connectivity index (χ1n) is 10.4. The first kappa shape index (κ1) is 19.8. The van der Waals surface area contributed by atoms with Crippen molar-refractivity contribution in [3.05, 3.63) is 107 Å². The van der Waals surface area contributed by atoms with Gasteiger partial charge in [0.1, 0.15) is 11.6 Å². The Labute approximate surface area is 184 Å². The quantitative estimate of drug-likeness (QED) is 0.312. The van der Waals surface area contributed by atoms with Gasteiger partial charge in [0.2, 0.25) is 0 Å². The highest BCUT2D eigenvalue weighted by atomic mass is 32.1. The molecule has 5 rings (SSSR count). The second kappa shape index (κ2) is 8.20. The topological polar surface area (TPSA) is 12.4 Å². The maximum absolute atomic E-state index is 14.1. The van der Waals surface area contributed by atoms with Crippen LogP contribution in [0.5, 0.6) is 0 Å². The summed E-state index contributed by atoms with van der Waals surface area (Å²) in [5.74, 6) is -1.09. The van der Waals surface area contributed by atoms with Crippen molar-refractivity contribution in [3.8, 4) is 21.6 Å². The summed E-state index contributed by atoms with van der Waals surface area (Å²) < 4.78 is 28.2. The van der Waals surface area contributed by atoms with E-state index in [4.69, 9.17) is 0 Å². The Bertz CT molecular complexity index is 1230. The zero-order valence-corrected chi connectivity index (χ0v) is 17.9. The van der Waals surface area contributed by atoms with Crippen LogP contribution in [0.1, 0.15) is 34.9 Å². The molecule has 0 amide bonds. The molecular weight excluding hydrogens is 408 g/mol. The Morgan fingerprint density at radius 2 is 1.39 bits per heavy atom. The van der Waals surface area contributed by atoms with Crippen molar-refractivity contribution < 1.29 is 8.78 Å². The molecule has 1 nitrogen and oxygen atoms in total. The van der Waals surface area contributed by atoms with E-state index in [1.165, 1.54) is 33.5 Å². The van der Waals surface area contributed by atoms with E-state index in [1.54, 1.807) is 11.3 Å². The highest BCUT2D eigenvalue weighted by Crippen LogP contribution is 2.34. The summed E-state index contributed by atoms with van der Waals surface area (Å²) in [6.07, 6.45) is 1.34. The minimum atomic E-state index is -0.545. The van der Waals surface area contributed by atoms with E-state index in [0.29, 0.717) is 12.1 Å². The summed E-state index contributed by atoms with van der Waals surface area (Å²) in [4.78, 5) is 7.23. The second-order valence-corrected chi connectivity index (χ2v) is 9.12. The minimum Gasteiger partial charge on any atom is -0.281 e. The van der Waals surface area contributed by atoms with Crippen LogP contribution in [-0.2, 0) is 0 Å². The first-order valence-corrected chi connectivity index (χ1v) is 11.2. The maximum Gasteiger partial charge on any atom is 0.135 e. The number of hydrogen-bond acceptors (Lipinski definition) is 2. The second-order valence-electron chi connectivity index (χ2n) is 7.84. The molecular formula is C27H21F2NS. The van der Waals surface area contributed by atoms with E-state index in [2.05, 4.69) is 72.6 Å². The van der Waals surface area contributed by atoms with Crippen molar-refractivity contribution in [3.63, 3.8) is 0 Å². The Hall–Kier alpha value is -3.11. The molecule has 1 aliphatic heterocycles. The molecule has 0 aliphatic carbocycles. The lowest BCUT2D eigenvalue weighted by Gasteiger charge is -2.09. The van der Waals surface area contributed by atoms with Gasteiger partial charge in [0.15, 0.2) is 0 Å². The lowest BCUT2D eigenvalue weighted by atomic mass is 9.98. The standard InChI is InChI=1S/C27H21F2NS/c1-17-5-16-26(31-17)21-12-8-19(9-13-21)18-6-10-20(11-7-18)24-14-15-25(30-24)27-22(28)3-2-4-23(27)29/h2-13,16,24H,14-15H2,1H3. The van der Waals surface area contributed by atoms with Crippen LogP contribution in [0.4, 0.5) is 8.78 Å². The molecule has 3 aromatic carbocycles. The Kier molecular flexibility index (Phi) is 5.24. The number of hydrogen-bond donors (Lipinski definition) is 0. The van der Waals surface area contributed by atoms with Crippen LogP contribution in [-0.4, -0.2) is 5.71 Å². The summed E-state index contributed by atoms with van der Waals surface area (Å²) in [5, 5.41) is 0. The number of aliphatic imine (C=N–C) groups is 1. The molecule has 0 fully saturated rings. The summed E-state index contributed by atoms with van der Waals surface area (Å²) in [6.45, 7) is 2.12. The molecule has 1 atom stereocenters. The molecule has 31 heavy (non-hydrogen) atoms. The molecule has 0 saturated carbocycles. The Balaban J connectivity index is 1.35. The normalized spacial score (nSPS) is 15.8. The monoisotopic (exact) mass is 429 g/mol. The average molecular weight is 430 g/mol. The van der Waals surface area contributed by atoms with Gasteiger partial charge in [-0.05, 0) is 66.3 Å². The van der Waals surface area contributed by atoms with Crippen LogP contribution in [0.3, 0.4) is 0 Å². The SMILES string of the molecule is Cc1ccc(-c2ccc(-c3ccc(C4CCC(c5c(F)cccc5F)=N4)cc3)cc2)s1. The lowest BCUT2D eigenvalue weighted by Crippen LogP contribution is -2.03. The van der Waals surface area contributed by atoms with Gasteiger partial charge in [0.05, 0.1) is 11.6 Å². The molecule has 1 aromatic heterocycles. The van der Waals surface area contributed by atoms with E-state index in [-0.39, 0.29) is 11.6 Å². The molecule has 154 valence electrons. The van der Waals surface area contributed by atoms with Crippen molar-refractivity contribution in [2.24, 2.45) is 4.99 Å². The largest absolute Gasteiger partial charge is 0.281 e. The van der Waals surface area contributed by atoms with Gasteiger partial charge in [-0.15, -0.1) is 11.3 Å². The molecule has 0 bridgehead atoms. The van der Waals surface area contributed by atoms with Crippen molar-refractivity contribution >= 4 is 17.0 Å². The first-order chi connectivity index (χ1) is 15.1. The van der Waals surface area contributed by atoms with Gasteiger partial charge in [-0.3, -0.25) is 4.99 Å². The van der Waals surface area contributed by atoms with E-state index in [1.807, 2.05) is 0 Å². The molecule has 2 heterocycles. The van der Waals surface area contributed by atoms with Crippen LogP contribution in [0.25, 0.3) is 21.6 Å². The molecule has 1 unspecified atom stereocenters. The predicted octanol–water partition coefficient (Wildman–Crippen LogP) is 7.99. The van der Waals surface area contributed by atoms with Crippen LogP contribution in [0.2, 0.25) is 0 Å². The number of rotatable bonds is 4. The van der Waals surface area contributed by atoms with Gasteiger partial charge in [-0.25, -0.2) is 8.78 Å². The average Bonchev–Trinajstić information content (AvgIpc) is 3.44. The number of aryl methyl sites for hydroxylation is 1. The smallest absolute Gasteiger partial charge is 0.135 e. The summed E-state index contributed by atoms with van der Waals surface area (Å²) in [5.41, 5.74) is 5.13. The molecule has 0 radical (unpaired) electrons. The van der Waals surface area contributed by atoms with E-state index >= 15 is 0 Å².